The van der Waals surface area contributed by atoms with Crippen LogP contribution in [0.5, 0.6) is 5.75 Å². The number of ether oxygens (including phenoxy) is 1. The van der Waals surface area contributed by atoms with Gasteiger partial charge in [0.25, 0.3) is 5.91 Å². The van der Waals surface area contributed by atoms with Crippen molar-refractivity contribution in [2.45, 2.75) is 24.9 Å². The molecule has 31 heavy (non-hydrogen) atoms. The number of carbonyl (C=O) groups excluding carboxylic acids is 1. The van der Waals surface area contributed by atoms with Crippen LogP contribution in [0.1, 0.15) is 34.8 Å². The number of methoxy groups -OCH3 is 1. The van der Waals surface area contributed by atoms with Crippen LogP contribution in [0, 0.1) is 0 Å². The third kappa shape index (κ3) is 4.01. The number of hydrogen-bond donors (Lipinski definition) is 1. The molecule has 1 fully saturated rings. The van der Waals surface area contributed by atoms with Crippen molar-refractivity contribution in [1.29, 1.82) is 0 Å². The average Bonchev–Trinajstić information content (AvgIpc) is 3.24. The molecule has 1 amide bonds. The van der Waals surface area contributed by atoms with Crippen LogP contribution in [0.4, 0.5) is 0 Å². The number of amides is 1. The Morgan fingerprint density at radius 1 is 1.00 bits per heavy atom. The molecular weight excluding hydrogens is 414 g/mol. The van der Waals surface area contributed by atoms with E-state index in [1.165, 1.54) is 4.90 Å². The normalized spacial score (nSPS) is 18.1. The number of nitrogens with zero attached hydrogens (tertiary/aromatic N) is 1. The zero-order valence-corrected chi connectivity index (χ0v) is 17.8. The third-order valence-corrected chi connectivity index (χ3v) is 6.05. The van der Waals surface area contributed by atoms with Gasteiger partial charge in [0, 0.05) is 16.1 Å². The highest BCUT2D eigenvalue weighted by molar-refractivity contribution is 6.31. The van der Waals surface area contributed by atoms with Gasteiger partial charge in [-0.15, -0.1) is 0 Å². The molecule has 3 aromatic rings. The van der Waals surface area contributed by atoms with Gasteiger partial charge in [-0.3, -0.25) is 4.79 Å². The lowest BCUT2D eigenvalue weighted by molar-refractivity contribution is -0.141. The maximum absolute atomic E-state index is 13.5. The number of carbonyl (C=O) groups is 2. The maximum atomic E-state index is 13.5. The minimum absolute atomic E-state index is 0.354. The summed E-state index contributed by atoms with van der Waals surface area (Å²) in [5.41, 5.74) is 2.96. The zero-order chi connectivity index (χ0) is 22.0. The zero-order valence-electron chi connectivity index (χ0n) is 17.0. The van der Waals surface area contributed by atoms with E-state index < -0.39 is 18.1 Å². The lowest BCUT2D eigenvalue weighted by Crippen LogP contribution is -2.41. The third-order valence-electron chi connectivity index (χ3n) is 5.70. The fourth-order valence-corrected chi connectivity index (χ4v) is 4.48. The van der Waals surface area contributed by atoms with E-state index in [2.05, 4.69) is 0 Å². The Kier molecular flexibility index (Phi) is 5.96. The highest BCUT2D eigenvalue weighted by atomic mass is 35.5. The van der Waals surface area contributed by atoms with Crippen LogP contribution in [0.15, 0.2) is 72.8 Å². The summed E-state index contributed by atoms with van der Waals surface area (Å²) < 4.78 is 5.55. The Balaban J connectivity index is 1.73. The molecule has 4 rings (SSSR count). The number of likely N-dealkylation sites (tertiary alicyclic amines) is 1. The van der Waals surface area contributed by atoms with Crippen molar-refractivity contribution in [2.75, 3.05) is 7.11 Å². The van der Waals surface area contributed by atoms with Gasteiger partial charge in [0.05, 0.1) is 13.2 Å². The smallest absolute Gasteiger partial charge is 0.326 e. The van der Waals surface area contributed by atoms with E-state index in [4.69, 9.17) is 16.3 Å². The topological polar surface area (TPSA) is 66.8 Å². The first-order valence-electron chi connectivity index (χ1n) is 10.0. The summed E-state index contributed by atoms with van der Waals surface area (Å²) in [6.45, 7) is 0. The number of rotatable bonds is 5. The van der Waals surface area contributed by atoms with Crippen LogP contribution in [-0.2, 0) is 4.79 Å². The molecule has 1 saturated heterocycles. The highest BCUT2D eigenvalue weighted by Gasteiger charge is 2.42. The number of benzene rings is 3. The predicted octanol–water partition coefficient (Wildman–Crippen LogP) is 5.45. The summed E-state index contributed by atoms with van der Waals surface area (Å²) in [6, 6.07) is 20.9. The van der Waals surface area contributed by atoms with Crippen molar-refractivity contribution in [3.8, 4) is 16.9 Å². The molecule has 2 atom stereocenters. The van der Waals surface area contributed by atoms with Crippen LogP contribution in [0.2, 0.25) is 5.02 Å². The molecule has 158 valence electrons. The first-order chi connectivity index (χ1) is 15.0. The van der Waals surface area contributed by atoms with Crippen molar-refractivity contribution in [1.82, 2.24) is 4.90 Å². The molecule has 0 bridgehead atoms. The van der Waals surface area contributed by atoms with Crippen molar-refractivity contribution in [2.24, 2.45) is 0 Å². The molecule has 1 heterocycles. The summed E-state index contributed by atoms with van der Waals surface area (Å²) in [5.74, 6) is -0.819. The summed E-state index contributed by atoms with van der Waals surface area (Å²) in [5, 5.41) is 10.3. The van der Waals surface area contributed by atoms with E-state index in [9.17, 15) is 14.7 Å². The molecule has 0 radical (unpaired) electrons. The molecule has 0 saturated carbocycles. The number of halogens is 1. The molecule has 3 aromatic carbocycles. The molecule has 0 aromatic heterocycles. The first kappa shape index (κ1) is 20.9. The van der Waals surface area contributed by atoms with Gasteiger partial charge in [0.1, 0.15) is 11.8 Å². The monoisotopic (exact) mass is 435 g/mol. The largest absolute Gasteiger partial charge is 0.496 e. The number of aliphatic carboxylic acids is 1. The van der Waals surface area contributed by atoms with Crippen molar-refractivity contribution < 1.29 is 19.4 Å². The molecule has 0 spiro atoms. The standard InChI is InChI=1S/C25H22ClNO4/c1-31-23-15-17(11-12-18(23)16-7-3-2-4-8-16)24(28)27-21(13-14-22(27)25(29)30)19-9-5-6-10-20(19)26/h2-12,15,21-22H,13-14H2,1H3,(H,29,30)/t21-,22+/m1/s1. The molecular formula is C25H22ClNO4. The Hall–Kier alpha value is -3.31. The fourth-order valence-electron chi connectivity index (χ4n) is 4.22. The van der Waals surface area contributed by atoms with Crippen LogP contribution in [-0.4, -0.2) is 35.0 Å². The molecule has 5 nitrogen and oxygen atoms in total. The van der Waals surface area contributed by atoms with Crippen LogP contribution in [0.25, 0.3) is 11.1 Å². The van der Waals surface area contributed by atoms with Gasteiger partial charge < -0.3 is 14.7 Å². The number of hydrogen-bond acceptors (Lipinski definition) is 3. The van der Waals surface area contributed by atoms with E-state index in [-0.39, 0.29) is 5.91 Å². The molecule has 6 heteroatoms. The van der Waals surface area contributed by atoms with Gasteiger partial charge in [0.2, 0.25) is 0 Å². The van der Waals surface area contributed by atoms with Gasteiger partial charge in [-0.05, 0) is 48.2 Å². The second kappa shape index (κ2) is 8.82. The summed E-state index contributed by atoms with van der Waals surface area (Å²) in [6.07, 6.45) is 0.905. The summed E-state index contributed by atoms with van der Waals surface area (Å²) in [7, 11) is 1.55. The van der Waals surface area contributed by atoms with Gasteiger partial charge >= 0.3 is 5.97 Å². The maximum Gasteiger partial charge on any atom is 0.326 e. The Labute approximate surface area is 185 Å². The van der Waals surface area contributed by atoms with E-state index in [0.29, 0.717) is 29.2 Å². The van der Waals surface area contributed by atoms with E-state index >= 15 is 0 Å². The van der Waals surface area contributed by atoms with Crippen molar-refractivity contribution >= 4 is 23.5 Å². The van der Waals surface area contributed by atoms with E-state index in [1.807, 2.05) is 54.6 Å². The highest BCUT2D eigenvalue weighted by Crippen LogP contribution is 2.41. The lowest BCUT2D eigenvalue weighted by Gasteiger charge is -2.29. The minimum atomic E-state index is -1.02. The molecule has 0 aliphatic carbocycles. The van der Waals surface area contributed by atoms with E-state index in [1.54, 1.807) is 25.3 Å². The number of carboxylic acids is 1. The SMILES string of the molecule is COc1cc(C(=O)N2[C@@H](c3ccccc3Cl)CC[C@H]2C(=O)O)ccc1-c1ccccc1. The van der Waals surface area contributed by atoms with Gasteiger partial charge in [-0.1, -0.05) is 60.1 Å². The molecule has 1 aliphatic heterocycles. The second-order valence-electron chi connectivity index (χ2n) is 7.46. The van der Waals surface area contributed by atoms with Crippen molar-refractivity contribution in [3.05, 3.63) is 88.9 Å². The fraction of sp³-hybridized carbons (Fsp3) is 0.200. The second-order valence-corrected chi connectivity index (χ2v) is 7.87. The lowest BCUT2D eigenvalue weighted by atomic mass is 10.0. The first-order valence-corrected chi connectivity index (χ1v) is 10.4. The Morgan fingerprint density at radius 2 is 1.71 bits per heavy atom. The van der Waals surface area contributed by atoms with Gasteiger partial charge in [-0.2, -0.15) is 0 Å². The average molecular weight is 436 g/mol. The number of carboxylic acid groups (broad SMARTS) is 1. The molecule has 1 aliphatic rings. The van der Waals surface area contributed by atoms with Crippen molar-refractivity contribution in [3.63, 3.8) is 0 Å². The van der Waals surface area contributed by atoms with E-state index in [0.717, 1.165) is 16.7 Å². The van der Waals surface area contributed by atoms with Gasteiger partial charge in [0.15, 0.2) is 0 Å². The van der Waals surface area contributed by atoms with Crippen LogP contribution in [0.3, 0.4) is 0 Å². The van der Waals surface area contributed by atoms with Crippen LogP contribution < -0.4 is 4.74 Å². The Morgan fingerprint density at radius 3 is 2.39 bits per heavy atom. The summed E-state index contributed by atoms with van der Waals surface area (Å²) >= 11 is 6.38. The van der Waals surface area contributed by atoms with Crippen LogP contribution >= 0.6 is 11.6 Å². The molecule has 0 unspecified atom stereocenters. The molecule has 1 N–H and O–H groups in total. The van der Waals surface area contributed by atoms with Gasteiger partial charge in [-0.25, -0.2) is 4.79 Å². The quantitative estimate of drug-likeness (QED) is 0.579. The summed E-state index contributed by atoms with van der Waals surface area (Å²) in [4.78, 5) is 26.9. The minimum Gasteiger partial charge on any atom is -0.496 e. The predicted molar refractivity (Wildman–Crippen MR) is 119 cm³/mol. The Bertz CT molecular complexity index is 1120.